The summed E-state index contributed by atoms with van der Waals surface area (Å²) in [5.74, 6) is 1.89. The van der Waals surface area contributed by atoms with Crippen molar-refractivity contribution in [1.29, 1.82) is 0 Å². The first-order valence-corrected chi connectivity index (χ1v) is 9.99. The minimum absolute atomic E-state index is 0.0211. The average molecular weight is 331 g/mol. The van der Waals surface area contributed by atoms with Gasteiger partial charge >= 0.3 is 0 Å². The monoisotopic (exact) mass is 330 g/mol. The molecule has 0 radical (unpaired) electrons. The molecule has 1 aromatic carbocycles. The van der Waals surface area contributed by atoms with Crippen molar-refractivity contribution in [2.24, 2.45) is 0 Å². The first-order valence-electron chi connectivity index (χ1n) is 9.99. The van der Waals surface area contributed by atoms with Crippen molar-refractivity contribution in [3.8, 4) is 11.5 Å². The Kier molecular flexibility index (Phi) is 5.42. The smallest absolute Gasteiger partial charge is 0.127 e. The van der Waals surface area contributed by atoms with E-state index in [9.17, 15) is 5.11 Å². The van der Waals surface area contributed by atoms with Gasteiger partial charge in [0.2, 0.25) is 0 Å². The summed E-state index contributed by atoms with van der Waals surface area (Å²) in [5.41, 5.74) is 2.28. The third-order valence-corrected chi connectivity index (χ3v) is 5.85. The van der Waals surface area contributed by atoms with Crippen LogP contribution in [0.15, 0.2) is 12.1 Å². The van der Waals surface area contributed by atoms with Gasteiger partial charge in [-0.05, 0) is 67.6 Å². The molecule has 2 nitrogen and oxygen atoms in total. The van der Waals surface area contributed by atoms with Gasteiger partial charge in [-0.15, -0.1) is 0 Å². The maximum atomic E-state index is 10.8. The molecule has 134 valence electrons. The Balaban J connectivity index is 1.95. The number of ether oxygens (including phenoxy) is 1. The zero-order chi connectivity index (χ0) is 17.2. The molecule has 1 aromatic rings. The molecule has 2 saturated carbocycles. The van der Waals surface area contributed by atoms with E-state index in [1.165, 1.54) is 56.9 Å². The van der Waals surface area contributed by atoms with Gasteiger partial charge < -0.3 is 9.84 Å². The minimum atomic E-state index is 0.0211. The predicted octanol–water partition coefficient (Wildman–Crippen LogP) is 6.45. The lowest BCUT2D eigenvalue weighted by Gasteiger charge is -2.30. The van der Waals surface area contributed by atoms with E-state index in [2.05, 4.69) is 26.8 Å². The molecule has 3 rings (SSSR count). The Morgan fingerprint density at radius 1 is 0.875 bits per heavy atom. The summed E-state index contributed by atoms with van der Waals surface area (Å²) in [6.07, 6.45) is 12.8. The Morgan fingerprint density at radius 3 is 2.04 bits per heavy atom. The van der Waals surface area contributed by atoms with Crippen LogP contribution in [-0.4, -0.2) is 11.2 Å². The SMILES string of the molecule is CC(C)(C)c1cc(O)c(C2CCCCC2)c(OC2CCCCC2)c1. The molecule has 24 heavy (non-hydrogen) atoms. The first kappa shape index (κ1) is 17.6. The van der Waals surface area contributed by atoms with Gasteiger partial charge in [-0.3, -0.25) is 0 Å². The van der Waals surface area contributed by atoms with Crippen molar-refractivity contribution in [2.45, 2.75) is 102 Å². The zero-order valence-corrected chi connectivity index (χ0v) is 15.7. The van der Waals surface area contributed by atoms with Crippen LogP contribution in [0.2, 0.25) is 0 Å². The molecule has 0 amide bonds. The number of phenolic OH excluding ortho intramolecular Hbond substituents is 1. The summed E-state index contributed by atoms with van der Waals surface area (Å²) in [4.78, 5) is 0. The number of hydrogen-bond acceptors (Lipinski definition) is 2. The summed E-state index contributed by atoms with van der Waals surface area (Å²) >= 11 is 0. The van der Waals surface area contributed by atoms with Crippen LogP contribution in [0.25, 0.3) is 0 Å². The van der Waals surface area contributed by atoms with Crippen molar-refractivity contribution in [2.75, 3.05) is 0 Å². The van der Waals surface area contributed by atoms with Gasteiger partial charge in [0.1, 0.15) is 11.5 Å². The highest BCUT2D eigenvalue weighted by molar-refractivity contribution is 5.51. The quantitative estimate of drug-likeness (QED) is 0.690. The molecule has 0 atom stereocenters. The lowest BCUT2D eigenvalue weighted by atomic mass is 9.80. The minimum Gasteiger partial charge on any atom is -0.508 e. The van der Waals surface area contributed by atoms with Crippen LogP contribution in [0.1, 0.15) is 102 Å². The maximum Gasteiger partial charge on any atom is 0.127 e. The lowest BCUT2D eigenvalue weighted by molar-refractivity contribution is 0.151. The fourth-order valence-electron chi connectivity index (χ4n) is 4.31. The summed E-state index contributed by atoms with van der Waals surface area (Å²) in [6, 6.07) is 4.20. The number of rotatable bonds is 3. The molecule has 0 saturated heterocycles. The molecule has 0 aliphatic heterocycles. The highest BCUT2D eigenvalue weighted by atomic mass is 16.5. The van der Waals surface area contributed by atoms with Crippen LogP contribution in [0.3, 0.4) is 0 Å². The molecule has 0 unspecified atom stereocenters. The van der Waals surface area contributed by atoms with Crippen LogP contribution < -0.4 is 4.74 Å². The molecule has 0 bridgehead atoms. The van der Waals surface area contributed by atoms with Gasteiger partial charge in [-0.25, -0.2) is 0 Å². The fraction of sp³-hybridized carbons (Fsp3) is 0.727. The molecule has 0 aromatic heterocycles. The van der Waals surface area contributed by atoms with E-state index in [4.69, 9.17) is 4.74 Å². The second-order valence-electron chi connectivity index (χ2n) is 8.87. The Labute approximate surface area is 147 Å². The lowest BCUT2D eigenvalue weighted by Crippen LogP contribution is -2.22. The van der Waals surface area contributed by atoms with E-state index in [1.807, 2.05) is 6.07 Å². The molecule has 2 heteroatoms. The van der Waals surface area contributed by atoms with Crippen molar-refractivity contribution >= 4 is 0 Å². The number of benzene rings is 1. The van der Waals surface area contributed by atoms with E-state index in [0.717, 1.165) is 24.2 Å². The molecule has 1 N–H and O–H groups in total. The molecular formula is C22H34O2. The first-order chi connectivity index (χ1) is 11.4. The van der Waals surface area contributed by atoms with Gasteiger partial charge in [-0.1, -0.05) is 46.5 Å². The number of phenols is 1. The van der Waals surface area contributed by atoms with Gasteiger partial charge in [0.25, 0.3) is 0 Å². The van der Waals surface area contributed by atoms with Crippen molar-refractivity contribution in [1.82, 2.24) is 0 Å². The Bertz CT molecular complexity index is 544. The van der Waals surface area contributed by atoms with Gasteiger partial charge in [0.15, 0.2) is 0 Å². The number of aromatic hydroxyl groups is 1. The second kappa shape index (κ2) is 7.37. The normalized spacial score (nSPS) is 21.0. The maximum absolute atomic E-state index is 10.8. The predicted molar refractivity (Wildman–Crippen MR) is 100 cm³/mol. The molecular weight excluding hydrogens is 296 g/mol. The summed E-state index contributed by atoms with van der Waals surface area (Å²) < 4.78 is 6.50. The van der Waals surface area contributed by atoms with Crippen LogP contribution in [-0.2, 0) is 5.41 Å². The van der Waals surface area contributed by atoms with Crippen LogP contribution in [0.5, 0.6) is 11.5 Å². The van der Waals surface area contributed by atoms with Gasteiger partial charge in [0.05, 0.1) is 6.10 Å². The van der Waals surface area contributed by atoms with Crippen molar-refractivity contribution in [3.05, 3.63) is 23.3 Å². The van der Waals surface area contributed by atoms with Crippen molar-refractivity contribution in [3.63, 3.8) is 0 Å². The Hall–Kier alpha value is -1.18. The third-order valence-electron chi connectivity index (χ3n) is 5.85. The fourth-order valence-corrected chi connectivity index (χ4v) is 4.31. The van der Waals surface area contributed by atoms with E-state index in [1.54, 1.807) is 0 Å². The number of hydrogen-bond donors (Lipinski definition) is 1. The summed E-state index contributed by atoms with van der Waals surface area (Å²) in [5, 5.41) is 10.8. The molecule has 0 spiro atoms. The molecule has 0 heterocycles. The second-order valence-corrected chi connectivity index (χ2v) is 8.87. The zero-order valence-electron chi connectivity index (χ0n) is 15.7. The van der Waals surface area contributed by atoms with Crippen LogP contribution in [0.4, 0.5) is 0 Å². The third kappa shape index (κ3) is 4.07. The van der Waals surface area contributed by atoms with Gasteiger partial charge in [-0.2, -0.15) is 0 Å². The Morgan fingerprint density at radius 2 is 1.46 bits per heavy atom. The highest BCUT2D eigenvalue weighted by Crippen LogP contribution is 2.45. The van der Waals surface area contributed by atoms with Gasteiger partial charge in [0, 0.05) is 5.56 Å². The summed E-state index contributed by atoms with van der Waals surface area (Å²) in [6.45, 7) is 6.60. The molecule has 2 aliphatic rings. The highest BCUT2D eigenvalue weighted by Gasteiger charge is 2.27. The van der Waals surface area contributed by atoms with E-state index >= 15 is 0 Å². The van der Waals surface area contributed by atoms with Crippen molar-refractivity contribution < 1.29 is 9.84 Å². The largest absolute Gasteiger partial charge is 0.508 e. The average Bonchev–Trinajstić information content (AvgIpc) is 2.55. The topological polar surface area (TPSA) is 29.5 Å². The standard InChI is InChI=1S/C22H34O2/c1-22(2,3)17-14-19(23)21(16-10-6-4-7-11-16)20(15-17)24-18-12-8-5-9-13-18/h14-16,18,23H,4-13H2,1-3H3. The molecule has 2 aliphatic carbocycles. The van der Waals surface area contributed by atoms with Crippen LogP contribution in [0, 0.1) is 0 Å². The summed E-state index contributed by atoms with van der Waals surface area (Å²) in [7, 11) is 0. The van der Waals surface area contributed by atoms with E-state index in [0.29, 0.717) is 17.8 Å². The van der Waals surface area contributed by atoms with E-state index < -0.39 is 0 Å². The van der Waals surface area contributed by atoms with Crippen LogP contribution >= 0.6 is 0 Å². The van der Waals surface area contributed by atoms with E-state index in [-0.39, 0.29) is 5.41 Å². The molecule has 2 fully saturated rings.